The SMILES string of the molecule is CCOc1cccc2c1N(C)CCN2C. The van der Waals surface area contributed by atoms with E-state index in [1.807, 2.05) is 13.0 Å². The lowest BCUT2D eigenvalue weighted by Gasteiger charge is -2.35. The molecule has 1 aromatic rings. The predicted molar refractivity (Wildman–Crippen MR) is 64.2 cm³/mol. The molecule has 2 rings (SSSR count). The van der Waals surface area contributed by atoms with Crippen LogP contribution in [0.2, 0.25) is 0 Å². The summed E-state index contributed by atoms with van der Waals surface area (Å²) in [6, 6.07) is 6.24. The van der Waals surface area contributed by atoms with Crippen molar-refractivity contribution in [2.45, 2.75) is 6.92 Å². The molecule has 3 nitrogen and oxygen atoms in total. The zero-order valence-electron chi connectivity index (χ0n) is 9.66. The van der Waals surface area contributed by atoms with Gasteiger partial charge in [0.25, 0.3) is 0 Å². The van der Waals surface area contributed by atoms with Crippen LogP contribution in [0.15, 0.2) is 18.2 Å². The minimum Gasteiger partial charge on any atom is -0.492 e. The van der Waals surface area contributed by atoms with Crippen LogP contribution < -0.4 is 14.5 Å². The van der Waals surface area contributed by atoms with Crippen LogP contribution in [0.4, 0.5) is 11.4 Å². The lowest BCUT2D eigenvalue weighted by molar-refractivity contribution is 0.340. The fraction of sp³-hybridized carbons (Fsp3) is 0.500. The number of hydrogen-bond donors (Lipinski definition) is 0. The fourth-order valence-corrected chi connectivity index (χ4v) is 2.01. The van der Waals surface area contributed by atoms with Crippen LogP contribution in [0.5, 0.6) is 5.75 Å². The first kappa shape index (κ1) is 10.1. The number of anilines is 2. The van der Waals surface area contributed by atoms with Crippen LogP contribution in [-0.4, -0.2) is 33.8 Å². The molecule has 15 heavy (non-hydrogen) atoms. The normalized spacial score (nSPS) is 15.1. The van der Waals surface area contributed by atoms with Crippen molar-refractivity contribution in [2.75, 3.05) is 43.6 Å². The molecule has 0 bridgehead atoms. The maximum absolute atomic E-state index is 5.65. The highest BCUT2D eigenvalue weighted by Gasteiger charge is 2.20. The third kappa shape index (κ3) is 1.74. The van der Waals surface area contributed by atoms with Gasteiger partial charge in [0.1, 0.15) is 11.4 Å². The Morgan fingerprint density at radius 3 is 2.67 bits per heavy atom. The van der Waals surface area contributed by atoms with E-state index in [2.05, 4.69) is 36.0 Å². The third-order valence-corrected chi connectivity index (χ3v) is 2.84. The topological polar surface area (TPSA) is 15.7 Å². The summed E-state index contributed by atoms with van der Waals surface area (Å²) in [4.78, 5) is 4.54. The molecule has 0 fully saturated rings. The van der Waals surface area contributed by atoms with Crippen LogP contribution in [0, 0.1) is 0 Å². The molecule has 0 aromatic heterocycles. The molecular formula is C12H18N2O. The Balaban J connectivity index is 2.46. The van der Waals surface area contributed by atoms with Crippen LogP contribution in [0.25, 0.3) is 0 Å². The van der Waals surface area contributed by atoms with Crippen molar-refractivity contribution in [1.29, 1.82) is 0 Å². The van der Waals surface area contributed by atoms with E-state index in [1.165, 1.54) is 11.4 Å². The summed E-state index contributed by atoms with van der Waals surface area (Å²) >= 11 is 0. The second-order valence-electron chi connectivity index (χ2n) is 3.90. The van der Waals surface area contributed by atoms with Crippen LogP contribution in [0.3, 0.4) is 0 Å². The van der Waals surface area contributed by atoms with Gasteiger partial charge in [0.2, 0.25) is 0 Å². The van der Waals surface area contributed by atoms with Gasteiger partial charge in [-0.15, -0.1) is 0 Å². The Kier molecular flexibility index (Phi) is 2.71. The number of rotatable bonds is 2. The van der Waals surface area contributed by atoms with Gasteiger partial charge in [0.15, 0.2) is 0 Å². The number of likely N-dealkylation sites (N-methyl/N-ethyl adjacent to an activating group) is 2. The Hall–Kier alpha value is -1.38. The first-order valence-corrected chi connectivity index (χ1v) is 5.42. The monoisotopic (exact) mass is 206 g/mol. The zero-order valence-corrected chi connectivity index (χ0v) is 9.66. The first-order valence-electron chi connectivity index (χ1n) is 5.42. The highest BCUT2D eigenvalue weighted by Crippen LogP contribution is 2.39. The van der Waals surface area contributed by atoms with Gasteiger partial charge >= 0.3 is 0 Å². The quantitative estimate of drug-likeness (QED) is 0.735. The zero-order chi connectivity index (χ0) is 10.8. The third-order valence-electron chi connectivity index (χ3n) is 2.84. The summed E-state index contributed by atoms with van der Waals surface area (Å²) in [6.07, 6.45) is 0. The van der Waals surface area contributed by atoms with E-state index in [1.54, 1.807) is 0 Å². The van der Waals surface area contributed by atoms with Crippen LogP contribution >= 0.6 is 0 Å². The van der Waals surface area contributed by atoms with Gasteiger partial charge in [-0.3, -0.25) is 0 Å². The molecule has 0 radical (unpaired) electrons. The summed E-state index contributed by atoms with van der Waals surface area (Å²) in [6.45, 7) is 4.85. The number of ether oxygens (including phenoxy) is 1. The molecular weight excluding hydrogens is 188 g/mol. The number of fused-ring (bicyclic) bond motifs is 1. The van der Waals surface area contributed by atoms with Crippen molar-refractivity contribution < 1.29 is 4.74 Å². The highest BCUT2D eigenvalue weighted by molar-refractivity contribution is 5.79. The summed E-state index contributed by atoms with van der Waals surface area (Å²) in [5.74, 6) is 0.990. The minimum atomic E-state index is 0.716. The molecule has 0 aliphatic carbocycles. The summed E-state index contributed by atoms with van der Waals surface area (Å²) < 4.78 is 5.65. The maximum Gasteiger partial charge on any atom is 0.144 e. The van der Waals surface area contributed by atoms with Crippen LogP contribution in [-0.2, 0) is 0 Å². The van der Waals surface area contributed by atoms with Gasteiger partial charge in [0, 0.05) is 27.2 Å². The Morgan fingerprint density at radius 1 is 1.20 bits per heavy atom. The number of hydrogen-bond acceptors (Lipinski definition) is 3. The van der Waals surface area contributed by atoms with Gasteiger partial charge < -0.3 is 14.5 Å². The second kappa shape index (κ2) is 4.01. The van der Waals surface area contributed by atoms with Crippen LogP contribution in [0.1, 0.15) is 6.92 Å². The lowest BCUT2D eigenvalue weighted by Crippen LogP contribution is -2.37. The highest BCUT2D eigenvalue weighted by atomic mass is 16.5. The van der Waals surface area contributed by atoms with Crippen molar-refractivity contribution in [1.82, 2.24) is 0 Å². The molecule has 1 aliphatic heterocycles. The lowest BCUT2D eigenvalue weighted by atomic mass is 10.1. The number of benzene rings is 1. The summed E-state index contributed by atoms with van der Waals surface area (Å²) in [5, 5.41) is 0. The van der Waals surface area contributed by atoms with E-state index < -0.39 is 0 Å². The average Bonchev–Trinajstić information content (AvgIpc) is 2.24. The second-order valence-corrected chi connectivity index (χ2v) is 3.90. The largest absolute Gasteiger partial charge is 0.492 e. The molecule has 1 heterocycles. The fourth-order valence-electron chi connectivity index (χ4n) is 2.01. The molecule has 3 heteroatoms. The van der Waals surface area contributed by atoms with E-state index >= 15 is 0 Å². The maximum atomic E-state index is 5.65. The molecule has 0 N–H and O–H groups in total. The smallest absolute Gasteiger partial charge is 0.144 e. The van der Waals surface area contributed by atoms with E-state index in [-0.39, 0.29) is 0 Å². The van der Waals surface area contributed by atoms with Crippen molar-refractivity contribution in [3.63, 3.8) is 0 Å². The Morgan fingerprint density at radius 2 is 1.93 bits per heavy atom. The van der Waals surface area contributed by atoms with E-state index in [0.717, 1.165) is 18.8 Å². The molecule has 0 spiro atoms. The molecule has 0 saturated carbocycles. The Bertz CT molecular complexity index is 351. The molecule has 1 aliphatic rings. The van der Waals surface area contributed by atoms with Gasteiger partial charge in [-0.05, 0) is 19.1 Å². The Labute approximate surface area is 91.2 Å². The number of para-hydroxylation sites is 1. The van der Waals surface area contributed by atoms with Crippen molar-refractivity contribution >= 4 is 11.4 Å². The van der Waals surface area contributed by atoms with E-state index in [0.29, 0.717) is 6.61 Å². The van der Waals surface area contributed by atoms with Crippen molar-refractivity contribution in [3.05, 3.63) is 18.2 Å². The van der Waals surface area contributed by atoms with Gasteiger partial charge in [0.05, 0.1) is 12.3 Å². The first-order chi connectivity index (χ1) is 7.24. The molecule has 0 saturated heterocycles. The molecule has 1 aromatic carbocycles. The van der Waals surface area contributed by atoms with Gasteiger partial charge in [-0.2, -0.15) is 0 Å². The standard InChI is InChI=1S/C12H18N2O/c1-4-15-11-7-5-6-10-12(11)14(3)9-8-13(10)2/h5-7H,4,8-9H2,1-3H3. The van der Waals surface area contributed by atoms with E-state index in [9.17, 15) is 0 Å². The number of nitrogens with zero attached hydrogens (tertiary/aromatic N) is 2. The predicted octanol–water partition coefficient (Wildman–Crippen LogP) is 1.97. The minimum absolute atomic E-state index is 0.716. The molecule has 0 amide bonds. The van der Waals surface area contributed by atoms with E-state index in [4.69, 9.17) is 4.74 Å². The van der Waals surface area contributed by atoms with Gasteiger partial charge in [-0.1, -0.05) is 6.07 Å². The van der Waals surface area contributed by atoms with Gasteiger partial charge in [-0.25, -0.2) is 0 Å². The molecule has 0 atom stereocenters. The van der Waals surface area contributed by atoms with Crippen molar-refractivity contribution in [2.24, 2.45) is 0 Å². The summed E-state index contributed by atoms with van der Waals surface area (Å²) in [5.41, 5.74) is 2.47. The van der Waals surface area contributed by atoms with Crippen molar-refractivity contribution in [3.8, 4) is 5.75 Å². The average molecular weight is 206 g/mol. The molecule has 82 valence electrons. The molecule has 0 unspecified atom stereocenters. The summed E-state index contributed by atoms with van der Waals surface area (Å²) in [7, 11) is 4.25.